The van der Waals surface area contributed by atoms with E-state index in [0.717, 1.165) is 19.3 Å². The average Bonchev–Trinajstić information content (AvgIpc) is 2.39. The third kappa shape index (κ3) is 3.35. The van der Waals surface area contributed by atoms with Crippen LogP contribution in [0.15, 0.2) is 24.3 Å². The number of sulfonamides is 1. The summed E-state index contributed by atoms with van der Waals surface area (Å²) in [5.74, 6) is 0. The maximum atomic E-state index is 12.2. The molecule has 3 N–H and O–H groups in total. The van der Waals surface area contributed by atoms with Gasteiger partial charge in [0.1, 0.15) is 0 Å². The van der Waals surface area contributed by atoms with Gasteiger partial charge in [0.25, 0.3) is 0 Å². The zero-order valence-corrected chi connectivity index (χ0v) is 12.1. The Morgan fingerprint density at radius 2 is 2.05 bits per heavy atom. The van der Waals surface area contributed by atoms with E-state index in [4.69, 9.17) is 5.73 Å². The van der Waals surface area contributed by atoms with Gasteiger partial charge in [-0.2, -0.15) is 0 Å². The molecular formula is C14H22N2O2S. The zero-order chi connectivity index (χ0) is 13.9. The Morgan fingerprint density at radius 1 is 1.37 bits per heavy atom. The Labute approximate surface area is 115 Å². The summed E-state index contributed by atoms with van der Waals surface area (Å²) in [6.07, 6.45) is 3.12. The van der Waals surface area contributed by atoms with Crippen molar-refractivity contribution < 1.29 is 8.42 Å². The van der Waals surface area contributed by atoms with Crippen LogP contribution in [-0.4, -0.2) is 26.3 Å². The molecule has 1 aromatic rings. The normalized spacial score (nSPS) is 20.8. The van der Waals surface area contributed by atoms with Gasteiger partial charge < -0.3 is 5.73 Å². The lowest BCUT2D eigenvalue weighted by Crippen LogP contribution is -2.45. The van der Waals surface area contributed by atoms with Gasteiger partial charge in [0, 0.05) is 12.6 Å². The van der Waals surface area contributed by atoms with Gasteiger partial charge in [-0.05, 0) is 36.8 Å². The van der Waals surface area contributed by atoms with E-state index < -0.39 is 15.3 Å². The lowest BCUT2D eigenvalue weighted by atomic mass is 9.89. The number of nitrogens with two attached hydrogens (primary N) is 1. The predicted octanol–water partition coefficient (Wildman–Crippen LogP) is 1.20. The van der Waals surface area contributed by atoms with Crippen molar-refractivity contribution in [2.45, 2.75) is 43.9 Å². The van der Waals surface area contributed by atoms with Crippen molar-refractivity contribution in [3.63, 3.8) is 0 Å². The third-order valence-corrected chi connectivity index (χ3v) is 5.90. The summed E-state index contributed by atoms with van der Waals surface area (Å²) in [6, 6.07) is 8.24. The molecule has 0 bridgehead atoms. The first-order valence-corrected chi connectivity index (χ1v) is 8.39. The fraction of sp³-hybridized carbons (Fsp3) is 0.571. The first kappa shape index (κ1) is 14.5. The van der Waals surface area contributed by atoms with E-state index in [1.807, 2.05) is 19.1 Å². The molecule has 2 unspecified atom stereocenters. The number of nitrogens with one attached hydrogen (secondary N) is 1. The number of hydrogen-bond donors (Lipinski definition) is 2. The van der Waals surface area contributed by atoms with E-state index in [1.54, 1.807) is 0 Å². The predicted molar refractivity (Wildman–Crippen MR) is 77.4 cm³/mol. The molecule has 0 saturated heterocycles. The lowest BCUT2D eigenvalue weighted by Gasteiger charge is -2.27. The van der Waals surface area contributed by atoms with E-state index in [1.165, 1.54) is 11.1 Å². The molecule has 1 aliphatic carbocycles. The largest absolute Gasteiger partial charge is 0.329 e. The number of rotatable bonds is 5. The Balaban J connectivity index is 2.06. The minimum atomic E-state index is -3.30. The number of hydrogen-bond acceptors (Lipinski definition) is 3. The Bertz CT molecular complexity index is 524. The molecular weight excluding hydrogens is 260 g/mol. The molecule has 1 aromatic carbocycles. The SMILES string of the molecule is CCC(CN)S(=O)(=O)NC1CCc2ccccc2C1. The van der Waals surface area contributed by atoms with Crippen LogP contribution >= 0.6 is 0 Å². The van der Waals surface area contributed by atoms with Gasteiger partial charge in [-0.15, -0.1) is 0 Å². The highest BCUT2D eigenvalue weighted by atomic mass is 32.2. The molecule has 106 valence electrons. The molecule has 0 spiro atoms. The Kier molecular flexibility index (Phi) is 4.60. The zero-order valence-electron chi connectivity index (χ0n) is 11.3. The van der Waals surface area contributed by atoms with Gasteiger partial charge >= 0.3 is 0 Å². The van der Waals surface area contributed by atoms with E-state index in [9.17, 15) is 8.42 Å². The second kappa shape index (κ2) is 6.03. The molecule has 1 aliphatic rings. The van der Waals surface area contributed by atoms with Gasteiger partial charge in [0.05, 0.1) is 5.25 Å². The van der Waals surface area contributed by atoms with Gasteiger partial charge in [-0.25, -0.2) is 13.1 Å². The monoisotopic (exact) mass is 282 g/mol. The highest BCUT2D eigenvalue weighted by molar-refractivity contribution is 7.90. The molecule has 0 fully saturated rings. The molecule has 5 heteroatoms. The smallest absolute Gasteiger partial charge is 0.215 e. The highest BCUT2D eigenvalue weighted by Gasteiger charge is 2.27. The lowest BCUT2D eigenvalue weighted by molar-refractivity contribution is 0.498. The standard InChI is InChI=1S/C14H22N2O2S/c1-2-14(10-15)19(17,18)16-13-8-7-11-5-3-4-6-12(11)9-13/h3-6,13-14,16H,2,7-10,15H2,1H3. The van der Waals surface area contributed by atoms with Crippen molar-refractivity contribution in [1.82, 2.24) is 4.72 Å². The van der Waals surface area contributed by atoms with E-state index in [2.05, 4.69) is 16.9 Å². The van der Waals surface area contributed by atoms with E-state index in [-0.39, 0.29) is 12.6 Å². The van der Waals surface area contributed by atoms with Crippen molar-refractivity contribution in [2.24, 2.45) is 5.73 Å². The molecule has 0 radical (unpaired) electrons. The maximum absolute atomic E-state index is 12.2. The van der Waals surface area contributed by atoms with E-state index >= 15 is 0 Å². The van der Waals surface area contributed by atoms with Crippen LogP contribution in [0.4, 0.5) is 0 Å². The Morgan fingerprint density at radius 3 is 2.68 bits per heavy atom. The Hall–Kier alpha value is -0.910. The second-order valence-electron chi connectivity index (χ2n) is 5.14. The second-order valence-corrected chi connectivity index (χ2v) is 7.13. The van der Waals surface area contributed by atoms with Gasteiger partial charge in [-0.3, -0.25) is 0 Å². The molecule has 2 rings (SSSR count). The summed E-state index contributed by atoms with van der Waals surface area (Å²) in [6.45, 7) is 2.03. The summed E-state index contributed by atoms with van der Waals surface area (Å²) in [5.41, 5.74) is 8.12. The summed E-state index contributed by atoms with van der Waals surface area (Å²) >= 11 is 0. The summed E-state index contributed by atoms with van der Waals surface area (Å²) < 4.78 is 27.2. The minimum Gasteiger partial charge on any atom is -0.329 e. The van der Waals surface area contributed by atoms with Crippen molar-refractivity contribution >= 4 is 10.0 Å². The topological polar surface area (TPSA) is 72.2 Å². The fourth-order valence-corrected chi connectivity index (χ4v) is 4.19. The summed E-state index contributed by atoms with van der Waals surface area (Å²) in [7, 11) is -3.30. The number of aryl methyl sites for hydroxylation is 1. The summed E-state index contributed by atoms with van der Waals surface area (Å²) in [5, 5.41) is -0.482. The van der Waals surface area contributed by atoms with Crippen LogP contribution in [0.2, 0.25) is 0 Å². The van der Waals surface area contributed by atoms with Crippen molar-refractivity contribution in [1.29, 1.82) is 0 Å². The van der Waals surface area contributed by atoms with Crippen LogP contribution in [-0.2, 0) is 22.9 Å². The van der Waals surface area contributed by atoms with Crippen LogP contribution < -0.4 is 10.5 Å². The molecule has 19 heavy (non-hydrogen) atoms. The van der Waals surface area contributed by atoms with Crippen LogP contribution in [0.1, 0.15) is 30.9 Å². The van der Waals surface area contributed by atoms with Crippen LogP contribution in [0.3, 0.4) is 0 Å². The molecule has 0 aromatic heterocycles. The molecule has 0 aliphatic heterocycles. The first-order chi connectivity index (χ1) is 9.06. The molecule has 0 heterocycles. The van der Waals surface area contributed by atoms with Crippen molar-refractivity contribution in [3.05, 3.63) is 35.4 Å². The van der Waals surface area contributed by atoms with Crippen molar-refractivity contribution in [3.8, 4) is 0 Å². The van der Waals surface area contributed by atoms with Gasteiger partial charge in [0.15, 0.2) is 0 Å². The summed E-state index contributed by atoms with van der Waals surface area (Å²) in [4.78, 5) is 0. The van der Waals surface area contributed by atoms with Crippen LogP contribution in [0, 0.1) is 0 Å². The number of fused-ring (bicyclic) bond motifs is 1. The van der Waals surface area contributed by atoms with Gasteiger partial charge in [0.2, 0.25) is 10.0 Å². The molecule has 2 atom stereocenters. The van der Waals surface area contributed by atoms with Crippen molar-refractivity contribution in [2.75, 3.05) is 6.54 Å². The number of benzene rings is 1. The van der Waals surface area contributed by atoms with E-state index in [0.29, 0.717) is 6.42 Å². The fourth-order valence-electron chi connectivity index (χ4n) is 2.64. The van der Waals surface area contributed by atoms with Crippen LogP contribution in [0.5, 0.6) is 0 Å². The van der Waals surface area contributed by atoms with Gasteiger partial charge in [-0.1, -0.05) is 31.2 Å². The van der Waals surface area contributed by atoms with Crippen LogP contribution in [0.25, 0.3) is 0 Å². The quantitative estimate of drug-likeness (QED) is 0.852. The maximum Gasteiger partial charge on any atom is 0.215 e. The average molecular weight is 282 g/mol. The highest BCUT2D eigenvalue weighted by Crippen LogP contribution is 2.22. The molecule has 0 amide bonds. The molecule has 0 saturated carbocycles. The minimum absolute atomic E-state index is 0.000463. The third-order valence-electron chi connectivity index (χ3n) is 3.83. The molecule has 4 nitrogen and oxygen atoms in total. The first-order valence-electron chi connectivity index (χ1n) is 6.84.